The minimum atomic E-state index is -0.234. The number of alkyl halides is 2. The van der Waals surface area contributed by atoms with Crippen LogP contribution in [0.4, 0.5) is 0 Å². The molecule has 1 aliphatic heterocycles. The smallest absolute Gasteiger partial charge is 0.0589 e. The van der Waals surface area contributed by atoms with E-state index < -0.39 is 0 Å². The van der Waals surface area contributed by atoms with Gasteiger partial charge in [0.05, 0.1) is 12.2 Å². The number of hydrogen-bond acceptors (Lipinski definition) is 1. The first-order valence-corrected chi connectivity index (χ1v) is 8.08. The maximum Gasteiger partial charge on any atom is 0.0589 e. The molecule has 0 aromatic heterocycles. The zero-order valence-corrected chi connectivity index (χ0v) is 13.3. The third-order valence-corrected chi connectivity index (χ3v) is 5.18. The van der Waals surface area contributed by atoms with Crippen molar-refractivity contribution in [1.82, 2.24) is 0 Å². The fourth-order valence-electron chi connectivity index (χ4n) is 2.69. The van der Waals surface area contributed by atoms with Crippen molar-refractivity contribution in [2.75, 3.05) is 11.8 Å². The molecular weight excluding hydrogens is 303 g/mol. The van der Waals surface area contributed by atoms with E-state index in [9.17, 15) is 0 Å². The van der Waals surface area contributed by atoms with Gasteiger partial charge in [-0.1, -0.05) is 23.7 Å². The largest absolute Gasteiger partial charge is 0.375 e. The Balaban J connectivity index is 2.19. The molecule has 1 aromatic carbocycles. The molecule has 0 bridgehead atoms. The van der Waals surface area contributed by atoms with Crippen LogP contribution in [0.25, 0.3) is 0 Å². The monoisotopic (exact) mass is 320 g/mol. The van der Waals surface area contributed by atoms with Crippen molar-refractivity contribution in [1.29, 1.82) is 0 Å². The minimum Gasteiger partial charge on any atom is -0.375 e. The lowest BCUT2D eigenvalue weighted by Gasteiger charge is -2.32. The standard InChI is InChI=1S/C15H19Cl3O/c1-11-2-7-14(19-11)8-15(9-16,10-17)12-3-5-13(18)6-4-12/h3-6,11,14H,2,7-10H2,1H3. The van der Waals surface area contributed by atoms with Gasteiger partial charge in [0.1, 0.15) is 0 Å². The molecule has 0 aliphatic carbocycles. The number of halogens is 3. The van der Waals surface area contributed by atoms with E-state index in [1.807, 2.05) is 24.3 Å². The highest BCUT2D eigenvalue weighted by Gasteiger charge is 2.36. The Bertz CT molecular complexity index is 400. The van der Waals surface area contributed by atoms with E-state index in [4.69, 9.17) is 39.5 Å². The van der Waals surface area contributed by atoms with Crippen LogP contribution in [0.3, 0.4) is 0 Å². The van der Waals surface area contributed by atoms with Crippen LogP contribution >= 0.6 is 34.8 Å². The summed E-state index contributed by atoms with van der Waals surface area (Å²) in [7, 11) is 0. The first-order chi connectivity index (χ1) is 9.09. The first kappa shape index (κ1) is 15.4. The predicted molar refractivity (Wildman–Crippen MR) is 82.8 cm³/mol. The second-order valence-corrected chi connectivity index (χ2v) is 6.38. The van der Waals surface area contributed by atoms with Gasteiger partial charge in [-0.15, -0.1) is 23.2 Å². The summed E-state index contributed by atoms with van der Waals surface area (Å²) in [6, 6.07) is 7.82. The zero-order valence-electron chi connectivity index (χ0n) is 11.0. The first-order valence-electron chi connectivity index (χ1n) is 6.63. The van der Waals surface area contributed by atoms with Gasteiger partial charge in [0, 0.05) is 22.2 Å². The molecule has 1 saturated heterocycles. The molecule has 0 radical (unpaired) electrons. The van der Waals surface area contributed by atoms with Gasteiger partial charge >= 0.3 is 0 Å². The van der Waals surface area contributed by atoms with Crippen LogP contribution in [-0.2, 0) is 10.2 Å². The normalized spacial score (nSPS) is 23.8. The molecule has 19 heavy (non-hydrogen) atoms. The lowest BCUT2D eigenvalue weighted by molar-refractivity contribution is 0.0400. The zero-order chi connectivity index (χ0) is 13.9. The summed E-state index contributed by atoms with van der Waals surface area (Å²) >= 11 is 18.4. The maximum absolute atomic E-state index is 6.24. The van der Waals surface area contributed by atoms with Gasteiger partial charge in [-0.25, -0.2) is 0 Å². The molecule has 1 fully saturated rings. The number of benzene rings is 1. The molecular formula is C15H19Cl3O. The highest BCUT2D eigenvalue weighted by molar-refractivity contribution is 6.30. The van der Waals surface area contributed by atoms with E-state index in [2.05, 4.69) is 6.92 Å². The van der Waals surface area contributed by atoms with Crippen LogP contribution in [0.2, 0.25) is 5.02 Å². The van der Waals surface area contributed by atoms with Gasteiger partial charge < -0.3 is 4.74 Å². The summed E-state index contributed by atoms with van der Waals surface area (Å²) in [6.07, 6.45) is 3.67. The summed E-state index contributed by atoms with van der Waals surface area (Å²) in [5.74, 6) is 0.985. The molecule has 106 valence electrons. The van der Waals surface area contributed by atoms with Gasteiger partial charge in [-0.05, 0) is 43.9 Å². The van der Waals surface area contributed by atoms with Crippen molar-refractivity contribution in [3.8, 4) is 0 Å². The third-order valence-electron chi connectivity index (χ3n) is 3.91. The Morgan fingerprint density at radius 1 is 1.16 bits per heavy atom. The Kier molecular flexibility index (Phi) is 5.42. The van der Waals surface area contributed by atoms with Crippen LogP contribution in [-0.4, -0.2) is 24.0 Å². The van der Waals surface area contributed by atoms with Gasteiger partial charge in [0.25, 0.3) is 0 Å². The summed E-state index contributed by atoms with van der Waals surface area (Å²) in [6.45, 7) is 2.12. The predicted octanol–water partition coefficient (Wildman–Crippen LogP) is 5.01. The van der Waals surface area contributed by atoms with Crippen molar-refractivity contribution in [2.24, 2.45) is 0 Å². The Morgan fingerprint density at radius 3 is 2.26 bits per heavy atom. The lowest BCUT2D eigenvalue weighted by Crippen LogP contribution is -2.35. The highest BCUT2D eigenvalue weighted by Crippen LogP contribution is 2.37. The fraction of sp³-hybridized carbons (Fsp3) is 0.600. The van der Waals surface area contributed by atoms with Gasteiger partial charge in [-0.3, -0.25) is 0 Å². The summed E-state index contributed by atoms with van der Waals surface area (Å²) in [5.41, 5.74) is 0.910. The van der Waals surface area contributed by atoms with Gasteiger partial charge in [0.15, 0.2) is 0 Å². The molecule has 2 rings (SSSR count). The minimum absolute atomic E-state index is 0.234. The molecule has 1 aromatic rings. The second kappa shape index (κ2) is 6.67. The van der Waals surface area contributed by atoms with Crippen LogP contribution in [0.15, 0.2) is 24.3 Å². The van der Waals surface area contributed by atoms with Crippen LogP contribution < -0.4 is 0 Å². The molecule has 1 aliphatic rings. The molecule has 0 amide bonds. The lowest BCUT2D eigenvalue weighted by atomic mass is 9.79. The number of hydrogen-bond donors (Lipinski definition) is 0. The Labute approximate surface area is 130 Å². The summed E-state index contributed by atoms with van der Waals surface area (Å²) < 4.78 is 5.92. The molecule has 1 heterocycles. The molecule has 0 spiro atoms. The van der Waals surface area contributed by atoms with Crippen molar-refractivity contribution in [3.05, 3.63) is 34.9 Å². The third kappa shape index (κ3) is 3.58. The molecule has 0 N–H and O–H groups in total. The van der Waals surface area contributed by atoms with Crippen molar-refractivity contribution < 1.29 is 4.74 Å². The van der Waals surface area contributed by atoms with E-state index in [1.54, 1.807) is 0 Å². The van der Waals surface area contributed by atoms with Crippen molar-refractivity contribution in [2.45, 2.75) is 43.8 Å². The summed E-state index contributed by atoms with van der Waals surface area (Å²) in [4.78, 5) is 0. The summed E-state index contributed by atoms with van der Waals surface area (Å²) in [5, 5.41) is 0.729. The van der Waals surface area contributed by atoms with E-state index in [-0.39, 0.29) is 11.5 Å². The number of rotatable bonds is 5. The van der Waals surface area contributed by atoms with E-state index in [0.29, 0.717) is 17.9 Å². The average Bonchev–Trinajstić information content (AvgIpc) is 2.82. The van der Waals surface area contributed by atoms with Gasteiger partial charge in [-0.2, -0.15) is 0 Å². The maximum atomic E-state index is 6.24. The number of ether oxygens (including phenoxy) is 1. The average molecular weight is 322 g/mol. The van der Waals surface area contributed by atoms with Crippen LogP contribution in [0.1, 0.15) is 31.7 Å². The molecule has 0 saturated carbocycles. The van der Waals surface area contributed by atoms with E-state index in [1.165, 1.54) is 0 Å². The van der Waals surface area contributed by atoms with Crippen molar-refractivity contribution >= 4 is 34.8 Å². The van der Waals surface area contributed by atoms with Gasteiger partial charge in [0.2, 0.25) is 0 Å². The molecule has 2 unspecified atom stereocenters. The fourth-order valence-corrected chi connectivity index (χ4v) is 3.63. The van der Waals surface area contributed by atoms with E-state index >= 15 is 0 Å². The van der Waals surface area contributed by atoms with Crippen LogP contribution in [0.5, 0.6) is 0 Å². The van der Waals surface area contributed by atoms with E-state index in [0.717, 1.165) is 29.8 Å². The highest BCUT2D eigenvalue weighted by atomic mass is 35.5. The molecule has 4 heteroatoms. The Hall–Kier alpha value is 0.0500. The molecule has 2 atom stereocenters. The quantitative estimate of drug-likeness (QED) is 0.692. The topological polar surface area (TPSA) is 9.23 Å². The van der Waals surface area contributed by atoms with Crippen LogP contribution in [0, 0.1) is 0 Å². The molecule has 1 nitrogen and oxygen atoms in total. The second-order valence-electron chi connectivity index (χ2n) is 5.40. The Morgan fingerprint density at radius 2 is 1.79 bits per heavy atom. The SMILES string of the molecule is CC1CCC(CC(CCl)(CCl)c2ccc(Cl)cc2)O1. The van der Waals surface area contributed by atoms with Crippen molar-refractivity contribution in [3.63, 3.8) is 0 Å².